The van der Waals surface area contributed by atoms with Gasteiger partial charge in [-0.1, -0.05) is 6.58 Å². The van der Waals surface area contributed by atoms with Crippen molar-refractivity contribution in [3.8, 4) is 6.07 Å². The van der Waals surface area contributed by atoms with Crippen LogP contribution in [0.1, 0.15) is 0 Å². The molecule has 0 fully saturated rings. The average molecular weight is 358 g/mol. The van der Waals surface area contributed by atoms with Crippen LogP contribution < -0.4 is 0 Å². The van der Waals surface area contributed by atoms with Crippen LogP contribution in [0.5, 0.6) is 0 Å². The third-order valence-corrected chi connectivity index (χ3v) is 0.0913. The van der Waals surface area contributed by atoms with Gasteiger partial charge >= 0.3 is 0 Å². The van der Waals surface area contributed by atoms with Gasteiger partial charge in [0.2, 0.25) is 0 Å². The fourth-order valence-corrected chi connectivity index (χ4v) is 0. The van der Waals surface area contributed by atoms with Crippen LogP contribution in [0.4, 0.5) is 0 Å². The largest absolute Gasteiger partial charge is 0.193 e. The van der Waals surface area contributed by atoms with E-state index in [1.54, 1.807) is 6.07 Å². The zero-order chi connectivity index (χ0) is 3.41. The number of rotatable bonds is 0. The SMILES string of the molecule is C=CC#N.[Bi].[Mo]. The molecule has 0 aliphatic heterocycles. The Balaban J connectivity index is -0.0000000450. The molecule has 6 heavy (non-hydrogen) atoms. The number of nitrogens with zero attached hydrogens (tertiary/aromatic N) is 1. The molecule has 0 bridgehead atoms. The molecular weight excluding hydrogens is 355 g/mol. The van der Waals surface area contributed by atoms with Crippen LogP contribution in [-0.2, 0) is 21.1 Å². The quantitative estimate of drug-likeness (QED) is 0.452. The van der Waals surface area contributed by atoms with E-state index in [4.69, 9.17) is 5.26 Å². The van der Waals surface area contributed by atoms with Gasteiger partial charge in [-0.25, -0.2) is 0 Å². The predicted octanol–water partition coefficient (Wildman–Crippen LogP) is 0.313. The summed E-state index contributed by atoms with van der Waals surface area (Å²) in [5, 5.41) is 7.51. The molecule has 0 aromatic heterocycles. The monoisotopic (exact) mass is 360 g/mol. The number of allylic oxidation sites excluding steroid dienone is 1. The summed E-state index contributed by atoms with van der Waals surface area (Å²) in [5.74, 6) is 0. The van der Waals surface area contributed by atoms with Crippen molar-refractivity contribution in [2.24, 2.45) is 0 Å². The second-order valence-corrected chi connectivity index (χ2v) is 0.333. The number of nitriles is 1. The zero-order valence-electron chi connectivity index (χ0n) is 3.09. The molecule has 0 amide bonds. The fourth-order valence-electron chi connectivity index (χ4n) is 0. The van der Waals surface area contributed by atoms with Gasteiger partial charge in [0.1, 0.15) is 0 Å². The molecule has 3 heteroatoms. The maximum atomic E-state index is 7.51. The Bertz CT molecular complexity index is 56.3. The normalized spacial score (nSPS) is 2.50. The second kappa shape index (κ2) is 17.0. The average Bonchev–Trinajstić information content (AvgIpc) is 1.37. The summed E-state index contributed by atoms with van der Waals surface area (Å²) < 4.78 is 0. The summed E-state index contributed by atoms with van der Waals surface area (Å²) >= 11 is 0. The molecule has 0 aromatic carbocycles. The summed E-state index contributed by atoms with van der Waals surface area (Å²) in [6.45, 7) is 3.12. The van der Waals surface area contributed by atoms with E-state index < -0.39 is 0 Å². The first-order valence-corrected chi connectivity index (χ1v) is 0.921. The van der Waals surface area contributed by atoms with Crippen molar-refractivity contribution >= 4 is 26.2 Å². The van der Waals surface area contributed by atoms with E-state index in [-0.39, 0.29) is 47.3 Å². The number of hydrogen-bond donors (Lipinski definition) is 0. The van der Waals surface area contributed by atoms with Crippen molar-refractivity contribution in [3.63, 3.8) is 0 Å². The van der Waals surface area contributed by atoms with Gasteiger partial charge in [0.15, 0.2) is 0 Å². The minimum Gasteiger partial charge on any atom is -0.193 e. The Morgan fingerprint density at radius 2 is 1.83 bits per heavy atom. The molecule has 3 radical (unpaired) electrons. The molecule has 0 spiro atoms. The van der Waals surface area contributed by atoms with Gasteiger partial charge in [0, 0.05) is 53.3 Å². The summed E-state index contributed by atoms with van der Waals surface area (Å²) in [7, 11) is 0. The van der Waals surface area contributed by atoms with E-state index >= 15 is 0 Å². The molecule has 0 atom stereocenters. The molecule has 0 saturated heterocycles. The van der Waals surface area contributed by atoms with E-state index in [9.17, 15) is 0 Å². The van der Waals surface area contributed by atoms with E-state index in [1.165, 1.54) is 6.08 Å². The van der Waals surface area contributed by atoms with Crippen LogP contribution >= 0.6 is 0 Å². The first-order valence-electron chi connectivity index (χ1n) is 0.921. The van der Waals surface area contributed by atoms with E-state index in [2.05, 4.69) is 6.58 Å². The first kappa shape index (κ1) is 15.8. The van der Waals surface area contributed by atoms with E-state index in [0.717, 1.165) is 0 Å². The van der Waals surface area contributed by atoms with Crippen molar-refractivity contribution in [2.75, 3.05) is 0 Å². The molecule has 31 valence electrons. The Hall–Kier alpha value is 0.801. The minimum absolute atomic E-state index is 0. The molecular formula is C3H3BiMoN. The Labute approximate surface area is 70.8 Å². The topological polar surface area (TPSA) is 23.8 Å². The molecule has 0 aliphatic rings. The molecule has 0 saturated carbocycles. The zero-order valence-corrected chi connectivity index (χ0v) is 8.57. The van der Waals surface area contributed by atoms with Crippen LogP contribution in [0.15, 0.2) is 12.7 Å². The first-order chi connectivity index (χ1) is 1.91. The molecule has 1 nitrogen and oxygen atoms in total. The molecule has 0 aromatic rings. The van der Waals surface area contributed by atoms with Crippen LogP contribution in [0, 0.1) is 11.3 Å². The van der Waals surface area contributed by atoms with E-state index in [1.807, 2.05) is 0 Å². The summed E-state index contributed by atoms with van der Waals surface area (Å²) in [6, 6.07) is 1.69. The standard InChI is InChI=1S/C3H3N.Bi.Mo/c1-2-3-4;;/h2H,1H2;;. The Kier molecular flexibility index (Phi) is 45.0. The molecule has 0 N–H and O–H groups in total. The van der Waals surface area contributed by atoms with Crippen LogP contribution in [0.2, 0.25) is 0 Å². The fraction of sp³-hybridized carbons (Fsp3) is 0. The minimum atomic E-state index is 0. The third-order valence-electron chi connectivity index (χ3n) is 0.0913. The van der Waals surface area contributed by atoms with Gasteiger partial charge < -0.3 is 0 Å². The Morgan fingerprint density at radius 1 is 1.67 bits per heavy atom. The smallest absolute Gasteiger partial charge is 0.0905 e. The van der Waals surface area contributed by atoms with Gasteiger partial charge in [0.25, 0.3) is 0 Å². The number of hydrogen-bond acceptors (Lipinski definition) is 1. The van der Waals surface area contributed by atoms with Crippen LogP contribution in [0.25, 0.3) is 0 Å². The molecule has 0 aliphatic carbocycles. The maximum Gasteiger partial charge on any atom is 0.0905 e. The summed E-state index contributed by atoms with van der Waals surface area (Å²) in [5.41, 5.74) is 0. The van der Waals surface area contributed by atoms with Crippen molar-refractivity contribution in [3.05, 3.63) is 12.7 Å². The summed E-state index contributed by atoms with van der Waals surface area (Å²) in [6.07, 6.45) is 1.18. The van der Waals surface area contributed by atoms with Crippen LogP contribution in [-0.4, -0.2) is 26.2 Å². The van der Waals surface area contributed by atoms with Crippen LogP contribution in [0.3, 0.4) is 0 Å². The van der Waals surface area contributed by atoms with Gasteiger partial charge in [-0.15, -0.1) is 0 Å². The predicted molar refractivity (Wildman–Crippen MR) is 21.6 cm³/mol. The second-order valence-electron chi connectivity index (χ2n) is 0.333. The van der Waals surface area contributed by atoms with Crippen molar-refractivity contribution in [1.82, 2.24) is 0 Å². The van der Waals surface area contributed by atoms with Gasteiger partial charge in [-0.2, -0.15) is 5.26 Å². The van der Waals surface area contributed by atoms with Crippen molar-refractivity contribution in [1.29, 1.82) is 5.26 Å². The van der Waals surface area contributed by atoms with Crippen molar-refractivity contribution in [2.45, 2.75) is 0 Å². The molecule has 0 heterocycles. The van der Waals surface area contributed by atoms with Crippen molar-refractivity contribution < 1.29 is 21.1 Å². The van der Waals surface area contributed by atoms with E-state index in [0.29, 0.717) is 0 Å². The van der Waals surface area contributed by atoms with Gasteiger partial charge in [0.05, 0.1) is 6.07 Å². The third kappa shape index (κ3) is 21.4. The van der Waals surface area contributed by atoms with Gasteiger partial charge in [-0.05, 0) is 0 Å². The molecule has 0 unspecified atom stereocenters. The Morgan fingerprint density at radius 3 is 1.83 bits per heavy atom. The van der Waals surface area contributed by atoms with Gasteiger partial charge in [-0.3, -0.25) is 0 Å². The maximum absolute atomic E-state index is 7.51. The summed E-state index contributed by atoms with van der Waals surface area (Å²) in [4.78, 5) is 0. The molecule has 0 rings (SSSR count).